The van der Waals surface area contributed by atoms with Crippen molar-refractivity contribution < 1.29 is 14.3 Å². The number of aliphatic carboxylic acids is 1. The van der Waals surface area contributed by atoms with Crippen molar-refractivity contribution in [1.29, 1.82) is 0 Å². The molecule has 0 saturated carbocycles. The van der Waals surface area contributed by atoms with Gasteiger partial charge in [-0.25, -0.2) is 14.1 Å². The Hall–Kier alpha value is -3.26. The zero-order valence-corrected chi connectivity index (χ0v) is 21.7. The lowest BCUT2D eigenvalue weighted by Gasteiger charge is -2.24. The van der Waals surface area contributed by atoms with Crippen LogP contribution in [0, 0.1) is 25.6 Å². The van der Waals surface area contributed by atoms with Gasteiger partial charge in [-0.1, -0.05) is 18.2 Å². The topological polar surface area (TPSA) is 83.3 Å². The summed E-state index contributed by atoms with van der Waals surface area (Å²) in [6, 6.07) is 12.1. The molecular formula is C29H36FN5O2. The summed E-state index contributed by atoms with van der Waals surface area (Å²) in [6.07, 6.45) is 5.50. The number of fused-ring (bicyclic) bond motifs is 1. The Morgan fingerprint density at radius 3 is 2.92 bits per heavy atom. The Bertz CT molecular complexity index is 1270. The molecule has 196 valence electrons. The summed E-state index contributed by atoms with van der Waals surface area (Å²) < 4.78 is 15.8. The van der Waals surface area contributed by atoms with E-state index in [0.717, 1.165) is 68.1 Å². The van der Waals surface area contributed by atoms with Crippen molar-refractivity contribution in [3.8, 4) is 5.69 Å². The van der Waals surface area contributed by atoms with Crippen molar-refractivity contribution in [2.75, 3.05) is 31.5 Å². The highest BCUT2D eigenvalue weighted by Gasteiger charge is 2.27. The van der Waals surface area contributed by atoms with Gasteiger partial charge >= 0.3 is 5.97 Å². The van der Waals surface area contributed by atoms with E-state index in [1.165, 1.54) is 12.0 Å². The summed E-state index contributed by atoms with van der Waals surface area (Å²) in [5.41, 5.74) is 4.98. The van der Waals surface area contributed by atoms with Crippen molar-refractivity contribution in [3.05, 3.63) is 70.4 Å². The molecule has 1 unspecified atom stereocenters. The lowest BCUT2D eigenvalue weighted by Crippen LogP contribution is -2.28. The van der Waals surface area contributed by atoms with Crippen molar-refractivity contribution in [2.45, 2.75) is 58.3 Å². The Morgan fingerprint density at radius 1 is 1.27 bits per heavy atom. The van der Waals surface area contributed by atoms with Gasteiger partial charge in [0.15, 0.2) is 5.82 Å². The fourth-order valence-electron chi connectivity index (χ4n) is 5.77. The number of carboxylic acids is 1. The number of aryl methyl sites for hydroxylation is 3. The van der Waals surface area contributed by atoms with E-state index >= 15 is 0 Å². The number of halogens is 1. The average molecular weight is 506 g/mol. The molecule has 8 heteroatoms. The predicted molar refractivity (Wildman–Crippen MR) is 142 cm³/mol. The van der Waals surface area contributed by atoms with Gasteiger partial charge in [0, 0.05) is 31.2 Å². The Balaban J connectivity index is 1.23. The highest BCUT2D eigenvalue weighted by Crippen LogP contribution is 2.29. The molecule has 1 aromatic carbocycles. The molecule has 1 saturated heterocycles. The number of nitrogens with zero attached hydrogens (tertiary/aromatic N) is 4. The largest absolute Gasteiger partial charge is 0.481 e. The molecule has 0 aliphatic carbocycles. The predicted octanol–water partition coefficient (Wildman–Crippen LogP) is 4.89. The first-order valence-corrected chi connectivity index (χ1v) is 13.4. The molecule has 1 fully saturated rings. The number of carbonyl (C=O) groups is 1. The molecule has 4 heterocycles. The molecule has 2 atom stereocenters. The zero-order chi connectivity index (χ0) is 25.9. The molecular weight excluding hydrogens is 469 g/mol. The van der Waals surface area contributed by atoms with Gasteiger partial charge in [0.2, 0.25) is 0 Å². The number of nitrogens with one attached hydrogen (secondary N) is 1. The molecule has 2 aromatic heterocycles. The van der Waals surface area contributed by atoms with Gasteiger partial charge in [0.25, 0.3) is 0 Å². The average Bonchev–Trinajstić information content (AvgIpc) is 3.46. The van der Waals surface area contributed by atoms with E-state index in [1.807, 2.05) is 24.3 Å². The van der Waals surface area contributed by atoms with E-state index in [9.17, 15) is 14.3 Å². The van der Waals surface area contributed by atoms with Crippen LogP contribution in [-0.2, 0) is 17.6 Å². The maximum Gasteiger partial charge on any atom is 0.304 e. The molecule has 7 nitrogen and oxygen atoms in total. The van der Waals surface area contributed by atoms with E-state index in [2.05, 4.69) is 27.4 Å². The van der Waals surface area contributed by atoms with Crippen molar-refractivity contribution in [1.82, 2.24) is 19.7 Å². The summed E-state index contributed by atoms with van der Waals surface area (Å²) >= 11 is 0. The molecule has 2 N–H and O–H groups in total. The number of hydrogen-bond donors (Lipinski definition) is 2. The molecule has 5 rings (SSSR count). The number of carboxylic acid groups (broad SMARTS) is 1. The molecule has 2 aliphatic heterocycles. The number of anilines is 1. The first kappa shape index (κ1) is 25.4. The molecule has 3 aromatic rings. The van der Waals surface area contributed by atoms with Gasteiger partial charge in [-0.05, 0) is 87.7 Å². The van der Waals surface area contributed by atoms with Gasteiger partial charge in [0.1, 0.15) is 5.82 Å². The fraction of sp³-hybridized carbons (Fsp3) is 0.483. The highest BCUT2D eigenvalue weighted by atomic mass is 19.1. The minimum atomic E-state index is -0.810. The molecule has 0 amide bonds. The lowest BCUT2D eigenvalue weighted by atomic mass is 9.94. The number of pyridine rings is 1. The third-order valence-corrected chi connectivity index (χ3v) is 7.82. The van der Waals surface area contributed by atoms with Gasteiger partial charge in [-0.15, -0.1) is 0 Å². The van der Waals surface area contributed by atoms with Gasteiger partial charge in [-0.2, -0.15) is 5.10 Å². The van der Waals surface area contributed by atoms with E-state index < -0.39 is 5.97 Å². The maximum absolute atomic E-state index is 14.2. The van der Waals surface area contributed by atoms with Crippen LogP contribution in [0.2, 0.25) is 0 Å². The second-order valence-electron chi connectivity index (χ2n) is 10.6. The van der Waals surface area contributed by atoms with Crippen LogP contribution < -0.4 is 5.32 Å². The molecule has 37 heavy (non-hydrogen) atoms. The minimum Gasteiger partial charge on any atom is -0.481 e. The SMILES string of the molecule is Cc1nn(-c2cccc(C(CC(=O)O)CN3CC[C@@H](CCc4ccc5c(n4)NCCC5)C3)c2)c(C)c1F. The Morgan fingerprint density at radius 2 is 2.14 bits per heavy atom. The van der Waals surface area contributed by atoms with Crippen LogP contribution >= 0.6 is 0 Å². The minimum absolute atomic E-state index is 0.0577. The second-order valence-corrected chi connectivity index (χ2v) is 10.6. The summed E-state index contributed by atoms with van der Waals surface area (Å²) in [5, 5.41) is 17.4. The van der Waals surface area contributed by atoms with Crippen LogP contribution in [0.25, 0.3) is 5.69 Å². The molecule has 2 aliphatic rings. The summed E-state index contributed by atoms with van der Waals surface area (Å²) in [6.45, 7) is 7.00. The number of aromatic nitrogens is 3. The second kappa shape index (κ2) is 11.0. The quantitative estimate of drug-likeness (QED) is 0.431. The molecule has 0 radical (unpaired) electrons. The Kier molecular flexibility index (Phi) is 7.55. The van der Waals surface area contributed by atoms with Crippen molar-refractivity contribution in [2.24, 2.45) is 5.92 Å². The van der Waals surface area contributed by atoms with Crippen LogP contribution in [0.3, 0.4) is 0 Å². The van der Waals surface area contributed by atoms with Crippen molar-refractivity contribution >= 4 is 11.8 Å². The van der Waals surface area contributed by atoms with Gasteiger partial charge < -0.3 is 15.3 Å². The third-order valence-electron chi connectivity index (χ3n) is 7.82. The van der Waals surface area contributed by atoms with Gasteiger partial charge in [-0.3, -0.25) is 4.79 Å². The van der Waals surface area contributed by atoms with E-state index in [1.54, 1.807) is 18.5 Å². The van der Waals surface area contributed by atoms with Crippen LogP contribution in [0.5, 0.6) is 0 Å². The van der Waals surface area contributed by atoms with Crippen LogP contribution in [0.4, 0.5) is 10.2 Å². The van der Waals surface area contributed by atoms with Crippen LogP contribution in [0.15, 0.2) is 36.4 Å². The van der Waals surface area contributed by atoms with E-state index in [4.69, 9.17) is 4.98 Å². The zero-order valence-electron chi connectivity index (χ0n) is 21.7. The standard InChI is InChI=1S/C29H36FN5O2/c1-19-28(30)20(2)35(33-19)26-7-3-5-23(15-26)24(16-27(36)37)18-34-14-12-21(17-34)8-10-25-11-9-22-6-4-13-31-29(22)32-25/h3,5,7,9,11,15,21,24H,4,6,8,10,12-14,16-18H2,1-2H3,(H,31,32)(H,36,37)/t21-,24?/m1/s1. The summed E-state index contributed by atoms with van der Waals surface area (Å²) in [7, 11) is 0. The monoisotopic (exact) mass is 505 g/mol. The number of likely N-dealkylation sites (tertiary alicyclic amines) is 1. The van der Waals surface area contributed by atoms with Crippen LogP contribution in [-0.4, -0.2) is 56.9 Å². The smallest absolute Gasteiger partial charge is 0.304 e. The molecule has 0 bridgehead atoms. The summed E-state index contributed by atoms with van der Waals surface area (Å²) in [4.78, 5) is 19.0. The lowest BCUT2D eigenvalue weighted by molar-refractivity contribution is -0.137. The number of benzene rings is 1. The maximum atomic E-state index is 14.2. The summed E-state index contributed by atoms with van der Waals surface area (Å²) in [5.74, 6) is 0.373. The first-order chi connectivity index (χ1) is 17.9. The fourth-order valence-corrected chi connectivity index (χ4v) is 5.77. The van der Waals surface area contributed by atoms with E-state index in [0.29, 0.717) is 23.9 Å². The first-order valence-electron chi connectivity index (χ1n) is 13.4. The molecule has 0 spiro atoms. The number of hydrogen-bond acceptors (Lipinski definition) is 5. The van der Waals surface area contributed by atoms with E-state index in [-0.39, 0.29) is 18.2 Å². The third kappa shape index (κ3) is 5.85. The van der Waals surface area contributed by atoms with Gasteiger partial charge in [0.05, 0.1) is 23.5 Å². The number of rotatable bonds is 9. The Labute approximate surface area is 217 Å². The highest BCUT2D eigenvalue weighted by molar-refractivity contribution is 5.68. The normalized spacial score (nSPS) is 18.4. The van der Waals surface area contributed by atoms with Crippen LogP contribution in [0.1, 0.15) is 59.8 Å². The van der Waals surface area contributed by atoms with Crippen molar-refractivity contribution in [3.63, 3.8) is 0 Å².